The van der Waals surface area contributed by atoms with Crippen LogP contribution >= 0.6 is 0 Å². The lowest BCUT2D eigenvalue weighted by Crippen LogP contribution is -2.15. The van der Waals surface area contributed by atoms with Gasteiger partial charge in [0, 0.05) is 69.3 Å². The van der Waals surface area contributed by atoms with E-state index >= 15 is 0 Å². The molecule has 0 spiro atoms. The maximum absolute atomic E-state index is 8.83. The molecule has 4 rings (SSSR count). The zero-order chi connectivity index (χ0) is 19.3. The van der Waals surface area contributed by atoms with Crippen LogP contribution in [0.2, 0.25) is 0 Å². The summed E-state index contributed by atoms with van der Waals surface area (Å²) in [6.07, 6.45) is 15.1. The van der Waals surface area contributed by atoms with Gasteiger partial charge in [0.15, 0.2) is 0 Å². The first-order valence-corrected chi connectivity index (χ1v) is 9.07. The fourth-order valence-corrected chi connectivity index (χ4v) is 2.98. The first-order chi connectivity index (χ1) is 13.8. The van der Waals surface area contributed by atoms with Crippen molar-refractivity contribution in [2.75, 3.05) is 19.8 Å². The number of nitrogens with zero attached hydrogens (tertiary/aromatic N) is 8. The van der Waals surface area contributed by atoms with E-state index < -0.39 is 0 Å². The number of aryl methyl sites for hydroxylation is 1. The number of hydrogen-bond acceptors (Lipinski definition) is 6. The molecule has 0 radical (unpaired) electrons. The molecule has 28 heavy (non-hydrogen) atoms. The molecule has 10 nitrogen and oxygen atoms in total. The Bertz CT molecular complexity index is 1030. The van der Waals surface area contributed by atoms with Crippen molar-refractivity contribution in [1.29, 1.82) is 0 Å². The largest absolute Gasteiger partial charge is 0.396 e. The molecule has 0 saturated heterocycles. The lowest BCUT2D eigenvalue weighted by molar-refractivity contribution is 0.109. The summed E-state index contributed by atoms with van der Waals surface area (Å²) in [6, 6.07) is 0. The van der Waals surface area contributed by atoms with E-state index in [4.69, 9.17) is 9.84 Å². The van der Waals surface area contributed by atoms with E-state index in [0.717, 1.165) is 11.8 Å². The van der Waals surface area contributed by atoms with Crippen LogP contribution in [0.25, 0.3) is 17.8 Å². The van der Waals surface area contributed by atoms with Crippen molar-refractivity contribution in [1.82, 2.24) is 38.2 Å². The lowest BCUT2D eigenvalue weighted by atomic mass is 10.5. The summed E-state index contributed by atoms with van der Waals surface area (Å²) in [7, 11) is 0. The van der Waals surface area contributed by atoms with Crippen LogP contribution in [-0.2, 0) is 11.3 Å². The highest BCUT2D eigenvalue weighted by Gasteiger charge is 2.16. The van der Waals surface area contributed by atoms with Gasteiger partial charge in [-0.05, 0) is 13.3 Å². The summed E-state index contributed by atoms with van der Waals surface area (Å²) < 4.78 is 13.3. The standard InChI is InChI=1S/C18H22N8O2/c1-15-19-4-8-24(15)17-21-6-10-26(17)18-22-5-9-25(18)16-20-3-7-23(16)11-14-28-13-2-12-27/h3-10,27H,2,11-14H2,1H3. The molecule has 146 valence electrons. The molecule has 0 aliphatic heterocycles. The van der Waals surface area contributed by atoms with Crippen molar-refractivity contribution in [3.63, 3.8) is 0 Å². The van der Waals surface area contributed by atoms with Gasteiger partial charge in [0.2, 0.25) is 17.8 Å². The van der Waals surface area contributed by atoms with Gasteiger partial charge in [-0.15, -0.1) is 0 Å². The third-order valence-corrected chi connectivity index (χ3v) is 4.33. The molecule has 4 heterocycles. The zero-order valence-corrected chi connectivity index (χ0v) is 15.6. The van der Waals surface area contributed by atoms with Gasteiger partial charge in [0.1, 0.15) is 5.82 Å². The van der Waals surface area contributed by atoms with Crippen molar-refractivity contribution in [3.05, 3.63) is 55.4 Å². The highest BCUT2D eigenvalue weighted by molar-refractivity contribution is 5.32. The summed E-state index contributed by atoms with van der Waals surface area (Å²) in [6.45, 7) is 3.79. The second-order valence-electron chi connectivity index (χ2n) is 6.15. The quantitative estimate of drug-likeness (QED) is 0.436. The van der Waals surface area contributed by atoms with Gasteiger partial charge in [0.25, 0.3) is 0 Å². The molecule has 0 aliphatic carbocycles. The van der Waals surface area contributed by atoms with Crippen LogP contribution in [0, 0.1) is 6.92 Å². The minimum absolute atomic E-state index is 0.137. The average molecular weight is 382 g/mol. The van der Waals surface area contributed by atoms with Gasteiger partial charge in [-0.1, -0.05) is 0 Å². The van der Waals surface area contributed by atoms with Crippen LogP contribution in [-0.4, -0.2) is 63.1 Å². The average Bonchev–Trinajstić information content (AvgIpc) is 3.47. The van der Waals surface area contributed by atoms with Crippen LogP contribution in [0.3, 0.4) is 0 Å². The van der Waals surface area contributed by atoms with E-state index in [0.29, 0.717) is 38.1 Å². The van der Waals surface area contributed by atoms with E-state index in [1.54, 1.807) is 24.8 Å². The number of hydrogen-bond donors (Lipinski definition) is 1. The lowest BCUT2D eigenvalue weighted by Gasteiger charge is -2.13. The van der Waals surface area contributed by atoms with Crippen LogP contribution < -0.4 is 0 Å². The van der Waals surface area contributed by atoms with Gasteiger partial charge in [0.05, 0.1) is 6.61 Å². The summed E-state index contributed by atoms with van der Waals surface area (Å²) in [5.74, 6) is 2.95. The minimum atomic E-state index is 0.137. The van der Waals surface area contributed by atoms with E-state index in [1.165, 1.54) is 0 Å². The molecule has 0 bridgehead atoms. The number of aliphatic hydroxyl groups excluding tert-OH is 1. The second kappa shape index (κ2) is 8.19. The molecule has 4 aromatic rings. The minimum Gasteiger partial charge on any atom is -0.396 e. The Labute approximate surface area is 161 Å². The van der Waals surface area contributed by atoms with E-state index in [9.17, 15) is 0 Å². The van der Waals surface area contributed by atoms with Crippen LogP contribution in [0.1, 0.15) is 12.2 Å². The van der Waals surface area contributed by atoms with Crippen LogP contribution in [0.15, 0.2) is 49.6 Å². The van der Waals surface area contributed by atoms with Crippen LogP contribution in [0.5, 0.6) is 0 Å². The van der Waals surface area contributed by atoms with Crippen molar-refractivity contribution in [3.8, 4) is 17.8 Å². The van der Waals surface area contributed by atoms with Crippen LogP contribution in [0.4, 0.5) is 0 Å². The summed E-state index contributed by atoms with van der Waals surface area (Å²) in [4.78, 5) is 17.7. The molecule has 0 amide bonds. The fourth-order valence-electron chi connectivity index (χ4n) is 2.98. The normalized spacial score (nSPS) is 11.4. The van der Waals surface area contributed by atoms with Gasteiger partial charge in [-0.25, -0.2) is 19.9 Å². The first-order valence-electron chi connectivity index (χ1n) is 9.07. The molecule has 0 saturated carbocycles. The Kier molecular flexibility index (Phi) is 5.31. The number of rotatable bonds is 9. The van der Waals surface area contributed by atoms with Crippen molar-refractivity contribution in [2.45, 2.75) is 19.9 Å². The molecule has 0 atom stereocenters. The Morgan fingerprint density at radius 2 is 1.39 bits per heavy atom. The van der Waals surface area contributed by atoms with Gasteiger partial charge in [-0.2, -0.15) is 0 Å². The van der Waals surface area contributed by atoms with Gasteiger partial charge < -0.3 is 14.4 Å². The SMILES string of the molecule is Cc1nccn1-c1nccn1-c1nccn1-c1nccn1CCOCCCO. The van der Waals surface area contributed by atoms with E-state index in [-0.39, 0.29) is 6.61 Å². The topological polar surface area (TPSA) is 101 Å². The predicted molar refractivity (Wildman–Crippen MR) is 101 cm³/mol. The molecule has 1 N–H and O–H groups in total. The second-order valence-corrected chi connectivity index (χ2v) is 6.15. The third kappa shape index (κ3) is 3.47. The maximum atomic E-state index is 8.83. The number of aliphatic hydroxyl groups is 1. The molecule has 0 aromatic carbocycles. The predicted octanol–water partition coefficient (Wildman–Crippen LogP) is 1.15. The molecule has 0 fully saturated rings. The van der Waals surface area contributed by atoms with E-state index in [2.05, 4.69) is 19.9 Å². The highest BCUT2D eigenvalue weighted by Crippen LogP contribution is 2.17. The Balaban J connectivity index is 1.61. The maximum Gasteiger partial charge on any atom is 0.223 e. The molecular formula is C18H22N8O2. The molecule has 0 unspecified atom stereocenters. The summed E-state index contributed by atoms with van der Waals surface area (Å²) >= 11 is 0. The summed E-state index contributed by atoms with van der Waals surface area (Å²) in [5.41, 5.74) is 0. The highest BCUT2D eigenvalue weighted by atomic mass is 16.5. The molecule has 0 aliphatic rings. The van der Waals surface area contributed by atoms with Crippen molar-refractivity contribution >= 4 is 0 Å². The van der Waals surface area contributed by atoms with E-state index in [1.807, 2.05) is 50.0 Å². The zero-order valence-electron chi connectivity index (χ0n) is 15.6. The van der Waals surface area contributed by atoms with Gasteiger partial charge >= 0.3 is 0 Å². The monoisotopic (exact) mass is 382 g/mol. The molecular weight excluding hydrogens is 360 g/mol. The van der Waals surface area contributed by atoms with Crippen molar-refractivity contribution in [2.24, 2.45) is 0 Å². The smallest absolute Gasteiger partial charge is 0.223 e. The Hall–Kier alpha value is -3.24. The Morgan fingerprint density at radius 1 is 0.786 bits per heavy atom. The third-order valence-electron chi connectivity index (χ3n) is 4.33. The number of ether oxygens (including phenoxy) is 1. The number of imidazole rings is 4. The molecule has 10 heteroatoms. The van der Waals surface area contributed by atoms with Gasteiger partial charge in [-0.3, -0.25) is 13.7 Å². The summed E-state index contributed by atoms with van der Waals surface area (Å²) in [5, 5.41) is 8.83. The molecule has 4 aromatic heterocycles. The number of aromatic nitrogens is 8. The fraction of sp³-hybridized carbons (Fsp3) is 0.333. The first kappa shape index (κ1) is 18.1. The Morgan fingerprint density at radius 3 is 2.11 bits per heavy atom. The van der Waals surface area contributed by atoms with Crippen molar-refractivity contribution < 1.29 is 9.84 Å².